The van der Waals surface area contributed by atoms with Gasteiger partial charge in [0.25, 0.3) is 0 Å². The zero-order valence-corrected chi connectivity index (χ0v) is 11.9. The molecule has 6 nitrogen and oxygen atoms in total. The zero-order valence-electron chi connectivity index (χ0n) is 11.1. The lowest BCUT2D eigenvalue weighted by Crippen LogP contribution is -2.33. The van der Waals surface area contributed by atoms with Crippen LogP contribution < -0.4 is 0 Å². The van der Waals surface area contributed by atoms with Gasteiger partial charge < -0.3 is 9.42 Å². The van der Waals surface area contributed by atoms with Gasteiger partial charge >= 0.3 is 0 Å². The van der Waals surface area contributed by atoms with Gasteiger partial charge in [0.15, 0.2) is 0 Å². The van der Waals surface area contributed by atoms with Gasteiger partial charge in [-0.15, -0.1) is 0 Å². The van der Waals surface area contributed by atoms with Crippen LogP contribution in [0.1, 0.15) is 30.3 Å². The Balaban J connectivity index is 1.73. The largest absolute Gasteiger partial charge is 0.361 e. The summed E-state index contributed by atoms with van der Waals surface area (Å²) in [5, 5.41) is 8.59. The van der Waals surface area contributed by atoms with E-state index in [4.69, 9.17) is 16.1 Å². The van der Waals surface area contributed by atoms with Crippen molar-refractivity contribution in [2.75, 3.05) is 6.54 Å². The number of carbonyl (C=O) groups is 1. The van der Waals surface area contributed by atoms with E-state index in [1.807, 2.05) is 17.9 Å². The molecule has 0 radical (unpaired) electrons. The lowest BCUT2D eigenvalue weighted by molar-refractivity contribution is -0.133. The molecule has 3 heterocycles. The first kappa shape index (κ1) is 13.2. The van der Waals surface area contributed by atoms with Crippen molar-refractivity contribution < 1.29 is 9.32 Å². The third-order valence-electron chi connectivity index (χ3n) is 3.46. The molecule has 20 heavy (non-hydrogen) atoms. The molecule has 1 aliphatic heterocycles. The SMILES string of the molecule is Cc1cc([C@H]2CCCN2C(=O)Cn2cc(Cl)cn2)no1. The molecule has 1 saturated heterocycles. The molecule has 0 bridgehead atoms. The molecule has 2 aromatic rings. The summed E-state index contributed by atoms with van der Waals surface area (Å²) in [7, 11) is 0. The summed E-state index contributed by atoms with van der Waals surface area (Å²) >= 11 is 5.80. The number of halogens is 1. The lowest BCUT2D eigenvalue weighted by atomic mass is 10.1. The maximum atomic E-state index is 12.4. The fraction of sp³-hybridized carbons (Fsp3) is 0.462. The van der Waals surface area contributed by atoms with Crippen LogP contribution in [0.4, 0.5) is 0 Å². The number of aromatic nitrogens is 3. The number of amides is 1. The highest BCUT2D eigenvalue weighted by Crippen LogP contribution is 2.31. The summed E-state index contributed by atoms with van der Waals surface area (Å²) in [6, 6.07) is 1.90. The van der Waals surface area contributed by atoms with Crippen LogP contribution in [0.25, 0.3) is 0 Å². The van der Waals surface area contributed by atoms with Crippen molar-refractivity contribution >= 4 is 17.5 Å². The van der Waals surface area contributed by atoms with Crippen LogP contribution in [0.5, 0.6) is 0 Å². The predicted molar refractivity (Wildman–Crippen MR) is 72.2 cm³/mol. The van der Waals surface area contributed by atoms with Crippen molar-refractivity contribution in [2.24, 2.45) is 0 Å². The van der Waals surface area contributed by atoms with Gasteiger partial charge in [-0.05, 0) is 19.8 Å². The van der Waals surface area contributed by atoms with Gasteiger partial charge in [-0.3, -0.25) is 9.48 Å². The fourth-order valence-electron chi connectivity index (χ4n) is 2.57. The van der Waals surface area contributed by atoms with E-state index in [9.17, 15) is 4.79 Å². The number of hydrogen-bond donors (Lipinski definition) is 0. The summed E-state index contributed by atoms with van der Waals surface area (Å²) in [4.78, 5) is 14.2. The zero-order chi connectivity index (χ0) is 14.1. The molecule has 0 N–H and O–H groups in total. The lowest BCUT2D eigenvalue weighted by Gasteiger charge is -2.22. The standard InChI is InChI=1S/C13H15ClN4O2/c1-9-5-11(16-20-9)12-3-2-4-18(12)13(19)8-17-7-10(14)6-15-17/h5-7,12H,2-4,8H2,1H3/t12-/m1/s1. The molecule has 0 unspecified atom stereocenters. The monoisotopic (exact) mass is 294 g/mol. The Morgan fingerprint density at radius 1 is 1.60 bits per heavy atom. The molecule has 3 rings (SSSR count). The van der Waals surface area contributed by atoms with Crippen LogP contribution in [0, 0.1) is 6.92 Å². The van der Waals surface area contributed by atoms with E-state index in [0.717, 1.165) is 30.8 Å². The maximum Gasteiger partial charge on any atom is 0.244 e. The van der Waals surface area contributed by atoms with Gasteiger partial charge in [0.2, 0.25) is 5.91 Å². The van der Waals surface area contributed by atoms with E-state index in [1.54, 1.807) is 10.9 Å². The molecule has 0 saturated carbocycles. The highest BCUT2D eigenvalue weighted by Gasteiger charge is 2.32. The van der Waals surface area contributed by atoms with Gasteiger partial charge in [-0.25, -0.2) is 0 Å². The van der Waals surface area contributed by atoms with Crippen molar-refractivity contribution in [2.45, 2.75) is 32.4 Å². The number of rotatable bonds is 3. The van der Waals surface area contributed by atoms with Gasteiger partial charge in [0.05, 0.1) is 17.3 Å². The van der Waals surface area contributed by atoms with Gasteiger partial charge in [-0.2, -0.15) is 5.10 Å². The van der Waals surface area contributed by atoms with E-state index in [0.29, 0.717) is 5.02 Å². The topological polar surface area (TPSA) is 64.2 Å². The molecule has 1 atom stereocenters. The van der Waals surface area contributed by atoms with Crippen molar-refractivity contribution in [1.82, 2.24) is 19.8 Å². The van der Waals surface area contributed by atoms with Gasteiger partial charge in [-0.1, -0.05) is 16.8 Å². The maximum absolute atomic E-state index is 12.4. The molecule has 0 aromatic carbocycles. The van der Waals surface area contributed by atoms with E-state index in [-0.39, 0.29) is 18.5 Å². The number of hydrogen-bond acceptors (Lipinski definition) is 4. The molecule has 1 amide bonds. The number of nitrogens with zero attached hydrogens (tertiary/aromatic N) is 4. The normalized spacial score (nSPS) is 18.7. The molecule has 0 spiro atoms. The first-order valence-electron chi connectivity index (χ1n) is 6.54. The van der Waals surface area contributed by atoms with Crippen LogP contribution in [-0.4, -0.2) is 32.3 Å². The van der Waals surface area contributed by atoms with Crippen LogP contribution in [0.2, 0.25) is 5.02 Å². The second-order valence-electron chi connectivity index (χ2n) is 4.96. The molecular weight excluding hydrogens is 280 g/mol. The molecule has 0 aliphatic carbocycles. The average Bonchev–Trinajstić information content (AvgIpc) is 3.09. The Morgan fingerprint density at radius 2 is 2.45 bits per heavy atom. The summed E-state index contributed by atoms with van der Waals surface area (Å²) in [6.45, 7) is 2.79. The van der Waals surface area contributed by atoms with Crippen molar-refractivity contribution in [3.05, 3.63) is 34.9 Å². The quantitative estimate of drug-likeness (QED) is 0.870. The Morgan fingerprint density at radius 3 is 3.10 bits per heavy atom. The Kier molecular flexibility index (Phi) is 3.48. The average molecular weight is 295 g/mol. The summed E-state index contributed by atoms with van der Waals surface area (Å²) in [6.07, 6.45) is 5.06. The minimum Gasteiger partial charge on any atom is -0.361 e. The highest BCUT2D eigenvalue weighted by atomic mass is 35.5. The van der Waals surface area contributed by atoms with Crippen molar-refractivity contribution in [3.63, 3.8) is 0 Å². The van der Waals surface area contributed by atoms with Crippen molar-refractivity contribution in [3.8, 4) is 0 Å². The number of aryl methyl sites for hydroxylation is 1. The molecule has 2 aromatic heterocycles. The van der Waals surface area contributed by atoms with E-state index in [2.05, 4.69) is 10.3 Å². The van der Waals surface area contributed by atoms with Crippen LogP contribution in [-0.2, 0) is 11.3 Å². The van der Waals surface area contributed by atoms with E-state index in [1.165, 1.54) is 6.20 Å². The Bertz CT molecular complexity index is 621. The minimum absolute atomic E-state index is 0.00554. The minimum atomic E-state index is 0.00554. The number of likely N-dealkylation sites (tertiary alicyclic amines) is 1. The first-order chi connectivity index (χ1) is 9.63. The van der Waals surface area contributed by atoms with Gasteiger partial charge in [0.1, 0.15) is 18.0 Å². The molecule has 7 heteroatoms. The van der Waals surface area contributed by atoms with Crippen LogP contribution >= 0.6 is 11.6 Å². The first-order valence-corrected chi connectivity index (χ1v) is 6.92. The second kappa shape index (κ2) is 5.28. The molecule has 1 aliphatic rings. The highest BCUT2D eigenvalue weighted by molar-refractivity contribution is 6.30. The Labute approximate surface area is 121 Å². The van der Waals surface area contributed by atoms with E-state index < -0.39 is 0 Å². The third kappa shape index (κ3) is 2.56. The molecule has 1 fully saturated rings. The smallest absolute Gasteiger partial charge is 0.244 e. The third-order valence-corrected chi connectivity index (χ3v) is 3.65. The second-order valence-corrected chi connectivity index (χ2v) is 5.40. The van der Waals surface area contributed by atoms with Crippen molar-refractivity contribution in [1.29, 1.82) is 0 Å². The predicted octanol–water partition coefficient (Wildman–Crippen LogP) is 2.20. The fourth-order valence-corrected chi connectivity index (χ4v) is 2.73. The van der Waals surface area contributed by atoms with E-state index >= 15 is 0 Å². The molecular formula is C13H15ClN4O2. The number of carbonyl (C=O) groups excluding carboxylic acids is 1. The summed E-state index contributed by atoms with van der Waals surface area (Å²) in [5.74, 6) is 0.783. The van der Waals surface area contributed by atoms with Crippen LogP contribution in [0.3, 0.4) is 0 Å². The Hall–Kier alpha value is -1.82. The molecule has 106 valence electrons. The van der Waals surface area contributed by atoms with Gasteiger partial charge in [0, 0.05) is 18.8 Å². The summed E-state index contributed by atoms with van der Waals surface area (Å²) in [5.41, 5.74) is 0.826. The van der Waals surface area contributed by atoms with Crippen LogP contribution in [0.15, 0.2) is 23.0 Å². The summed E-state index contributed by atoms with van der Waals surface area (Å²) < 4.78 is 6.65.